The molecule has 0 aliphatic carbocycles. The lowest BCUT2D eigenvalue weighted by molar-refractivity contribution is -0.117. The highest BCUT2D eigenvalue weighted by molar-refractivity contribution is 5.92. The van der Waals surface area contributed by atoms with Crippen LogP contribution in [-0.2, 0) is 11.3 Å². The first-order valence-electron chi connectivity index (χ1n) is 6.55. The summed E-state index contributed by atoms with van der Waals surface area (Å²) in [6.07, 6.45) is 3.47. The topological polar surface area (TPSA) is 69.0 Å². The summed E-state index contributed by atoms with van der Waals surface area (Å²) >= 11 is 0. The Morgan fingerprint density at radius 1 is 1.24 bits per heavy atom. The van der Waals surface area contributed by atoms with Gasteiger partial charge in [0, 0.05) is 24.6 Å². The maximum Gasteiger partial charge on any atom is 0.238 e. The van der Waals surface area contributed by atoms with Gasteiger partial charge < -0.3 is 5.32 Å². The summed E-state index contributed by atoms with van der Waals surface area (Å²) in [6, 6.07) is 12.7. The maximum atomic E-state index is 11.9. The molecule has 0 atom stereocenters. The van der Waals surface area contributed by atoms with Crippen LogP contribution < -0.4 is 5.32 Å². The summed E-state index contributed by atoms with van der Waals surface area (Å²) in [7, 11) is 1.89. The quantitative estimate of drug-likeness (QED) is 0.909. The van der Waals surface area contributed by atoms with E-state index in [0.717, 1.165) is 5.56 Å². The minimum atomic E-state index is -0.0868. The van der Waals surface area contributed by atoms with Crippen molar-refractivity contribution in [2.45, 2.75) is 6.54 Å². The van der Waals surface area contributed by atoms with Crippen molar-refractivity contribution in [3.05, 3.63) is 59.9 Å². The number of pyridine rings is 1. The summed E-state index contributed by atoms with van der Waals surface area (Å²) in [5.41, 5.74) is 2.37. The van der Waals surface area contributed by atoms with Crippen LogP contribution >= 0.6 is 0 Å². The molecule has 106 valence electrons. The zero-order valence-electron chi connectivity index (χ0n) is 11.8. The Morgan fingerprint density at radius 3 is 2.52 bits per heavy atom. The second-order valence-electron chi connectivity index (χ2n) is 4.77. The van der Waals surface area contributed by atoms with Gasteiger partial charge in [0.15, 0.2) is 0 Å². The third-order valence-electron chi connectivity index (χ3n) is 2.91. The summed E-state index contributed by atoms with van der Waals surface area (Å²) in [6.45, 7) is 0.978. The standard InChI is InChI=1S/C16H16N4O/c1-20(11-14-6-8-18-9-7-14)12-16(21)19-15-4-2-13(10-17)3-5-15/h2-9H,11-12H2,1H3,(H,19,21). The van der Waals surface area contributed by atoms with Gasteiger partial charge in [0.25, 0.3) is 0 Å². The third kappa shape index (κ3) is 4.71. The van der Waals surface area contributed by atoms with Gasteiger partial charge >= 0.3 is 0 Å². The molecule has 0 aliphatic rings. The van der Waals surface area contributed by atoms with Crippen molar-refractivity contribution in [2.24, 2.45) is 0 Å². The second kappa shape index (κ2) is 7.17. The van der Waals surface area contributed by atoms with Crippen LogP contribution in [-0.4, -0.2) is 29.4 Å². The number of nitrogens with one attached hydrogen (secondary N) is 1. The molecule has 0 fully saturated rings. The number of rotatable bonds is 5. The van der Waals surface area contributed by atoms with E-state index in [0.29, 0.717) is 24.3 Å². The van der Waals surface area contributed by atoms with E-state index < -0.39 is 0 Å². The molecule has 2 aromatic rings. The van der Waals surface area contributed by atoms with Crippen molar-refractivity contribution in [1.82, 2.24) is 9.88 Å². The number of aromatic nitrogens is 1. The summed E-state index contributed by atoms with van der Waals surface area (Å²) in [5, 5.41) is 11.5. The van der Waals surface area contributed by atoms with Gasteiger partial charge in [0.1, 0.15) is 0 Å². The number of likely N-dealkylation sites (N-methyl/N-ethyl adjacent to an activating group) is 1. The molecule has 1 heterocycles. The summed E-state index contributed by atoms with van der Waals surface area (Å²) in [4.78, 5) is 17.8. The number of benzene rings is 1. The number of carbonyl (C=O) groups is 1. The monoisotopic (exact) mass is 280 g/mol. The Bertz CT molecular complexity index is 632. The fourth-order valence-electron chi connectivity index (χ4n) is 1.93. The molecule has 0 bridgehead atoms. The lowest BCUT2D eigenvalue weighted by atomic mass is 10.2. The van der Waals surface area contributed by atoms with Crippen molar-refractivity contribution in [3.63, 3.8) is 0 Å². The zero-order chi connectivity index (χ0) is 15.1. The van der Waals surface area contributed by atoms with Crippen molar-refractivity contribution >= 4 is 11.6 Å². The summed E-state index contributed by atoms with van der Waals surface area (Å²) in [5.74, 6) is -0.0868. The van der Waals surface area contributed by atoms with E-state index in [1.807, 2.05) is 30.1 Å². The molecule has 5 nitrogen and oxygen atoms in total. The van der Waals surface area contributed by atoms with E-state index in [1.165, 1.54) is 0 Å². The molecule has 5 heteroatoms. The molecule has 1 N–H and O–H groups in total. The van der Waals surface area contributed by atoms with E-state index in [1.54, 1.807) is 36.7 Å². The highest BCUT2D eigenvalue weighted by Crippen LogP contribution is 2.09. The van der Waals surface area contributed by atoms with Crippen LogP contribution in [0.3, 0.4) is 0 Å². The number of nitriles is 1. The van der Waals surface area contributed by atoms with Gasteiger partial charge in [-0.2, -0.15) is 5.26 Å². The Kier molecular flexibility index (Phi) is 5.02. The van der Waals surface area contributed by atoms with Gasteiger partial charge in [-0.3, -0.25) is 14.7 Å². The lowest BCUT2D eigenvalue weighted by Crippen LogP contribution is -2.29. The fourth-order valence-corrected chi connectivity index (χ4v) is 1.93. The number of nitrogens with zero attached hydrogens (tertiary/aromatic N) is 3. The first kappa shape index (κ1) is 14.7. The molecule has 0 radical (unpaired) electrons. The van der Waals surface area contributed by atoms with Gasteiger partial charge in [0.2, 0.25) is 5.91 Å². The maximum absolute atomic E-state index is 11.9. The normalized spacial score (nSPS) is 10.1. The van der Waals surface area contributed by atoms with Gasteiger partial charge in [-0.25, -0.2) is 0 Å². The van der Waals surface area contributed by atoms with Crippen molar-refractivity contribution in [3.8, 4) is 6.07 Å². The number of anilines is 1. The van der Waals surface area contributed by atoms with Gasteiger partial charge in [0.05, 0.1) is 18.2 Å². The molecule has 21 heavy (non-hydrogen) atoms. The highest BCUT2D eigenvalue weighted by Gasteiger charge is 2.07. The average Bonchev–Trinajstić information content (AvgIpc) is 2.48. The lowest BCUT2D eigenvalue weighted by Gasteiger charge is -2.16. The average molecular weight is 280 g/mol. The van der Waals surface area contributed by atoms with Gasteiger partial charge in [-0.15, -0.1) is 0 Å². The molecule has 0 unspecified atom stereocenters. The molecule has 0 saturated carbocycles. The first-order chi connectivity index (χ1) is 10.2. The number of carbonyl (C=O) groups excluding carboxylic acids is 1. The van der Waals surface area contributed by atoms with Crippen LogP contribution in [0.5, 0.6) is 0 Å². The smallest absolute Gasteiger partial charge is 0.238 e. The molecule has 2 rings (SSSR count). The third-order valence-corrected chi connectivity index (χ3v) is 2.91. The Hall–Kier alpha value is -2.71. The van der Waals surface area contributed by atoms with Crippen LogP contribution in [0, 0.1) is 11.3 Å². The number of amides is 1. The number of hydrogen-bond donors (Lipinski definition) is 1. The van der Waals surface area contributed by atoms with Crippen LogP contribution in [0.15, 0.2) is 48.8 Å². The minimum Gasteiger partial charge on any atom is -0.325 e. The molecular formula is C16H16N4O. The van der Waals surface area contributed by atoms with E-state index in [-0.39, 0.29) is 5.91 Å². The molecule has 1 aromatic carbocycles. The molecular weight excluding hydrogens is 264 g/mol. The second-order valence-corrected chi connectivity index (χ2v) is 4.77. The molecule has 1 amide bonds. The predicted octanol–water partition coefficient (Wildman–Crippen LogP) is 2.02. The fraction of sp³-hybridized carbons (Fsp3) is 0.188. The molecule has 0 spiro atoms. The Balaban J connectivity index is 1.85. The minimum absolute atomic E-state index is 0.0868. The Morgan fingerprint density at radius 2 is 1.90 bits per heavy atom. The van der Waals surface area contributed by atoms with Crippen LogP contribution in [0.1, 0.15) is 11.1 Å². The van der Waals surface area contributed by atoms with E-state index in [2.05, 4.69) is 10.3 Å². The highest BCUT2D eigenvalue weighted by atomic mass is 16.2. The Labute approximate surface area is 123 Å². The van der Waals surface area contributed by atoms with E-state index in [4.69, 9.17) is 5.26 Å². The van der Waals surface area contributed by atoms with Crippen molar-refractivity contribution in [1.29, 1.82) is 5.26 Å². The van der Waals surface area contributed by atoms with Crippen molar-refractivity contribution in [2.75, 3.05) is 18.9 Å². The van der Waals surface area contributed by atoms with Crippen LogP contribution in [0.2, 0.25) is 0 Å². The zero-order valence-corrected chi connectivity index (χ0v) is 11.8. The van der Waals surface area contributed by atoms with E-state index in [9.17, 15) is 4.79 Å². The SMILES string of the molecule is CN(CC(=O)Nc1ccc(C#N)cc1)Cc1ccncc1. The molecule has 0 saturated heterocycles. The van der Waals surface area contributed by atoms with Crippen LogP contribution in [0.25, 0.3) is 0 Å². The van der Waals surface area contributed by atoms with Crippen LogP contribution in [0.4, 0.5) is 5.69 Å². The van der Waals surface area contributed by atoms with Gasteiger partial charge in [-0.05, 0) is 49.0 Å². The number of hydrogen-bond acceptors (Lipinski definition) is 4. The van der Waals surface area contributed by atoms with Crippen molar-refractivity contribution < 1.29 is 4.79 Å². The molecule has 1 aromatic heterocycles. The van der Waals surface area contributed by atoms with E-state index >= 15 is 0 Å². The molecule has 0 aliphatic heterocycles. The van der Waals surface area contributed by atoms with Gasteiger partial charge in [-0.1, -0.05) is 0 Å². The largest absolute Gasteiger partial charge is 0.325 e. The first-order valence-corrected chi connectivity index (χ1v) is 6.55. The predicted molar refractivity (Wildman–Crippen MR) is 80.4 cm³/mol. The summed E-state index contributed by atoms with van der Waals surface area (Å²) < 4.78 is 0.